The van der Waals surface area contributed by atoms with Crippen LogP contribution in [0.5, 0.6) is 5.75 Å². The van der Waals surface area contributed by atoms with Gasteiger partial charge in [-0.25, -0.2) is 0 Å². The number of thioether (sulfide) groups is 1. The minimum Gasteiger partial charge on any atom is -0.497 e. The molecule has 0 bridgehead atoms. The molecule has 20 heavy (non-hydrogen) atoms. The molecule has 0 unspecified atom stereocenters. The number of hydrogen-bond acceptors (Lipinski definition) is 5. The molecule has 0 spiro atoms. The third kappa shape index (κ3) is 3.17. The number of nitrogens with zero attached hydrogens (tertiary/aromatic N) is 1. The number of carboxylic acid groups (broad SMARTS) is 1. The van der Waals surface area contributed by atoms with E-state index in [0.717, 1.165) is 22.2 Å². The molecule has 1 fully saturated rings. The zero-order chi connectivity index (χ0) is 14.7. The van der Waals surface area contributed by atoms with Crippen LogP contribution in [0.3, 0.4) is 0 Å². The molecule has 7 heteroatoms. The fourth-order valence-corrected chi connectivity index (χ4v) is 2.91. The van der Waals surface area contributed by atoms with Crippen LogP contribution in [0.4, 0.5) is 0 Å². The molecule has 104 valence electrons. The van der Waals surface area contributed by atoms with Crippen LogP contribution in [0.2, 0.25) is 0 Å². The zero-order valence-electron chi connectivity index (χ0n) is 10.5. The number of thiocarbonyl (C=S) groups is 1. The number of methoxy groups -OCH3 is 1. The van der Waals surface area contributed by atoms with Gasteiger partial charge in [0.1, 0.15) is 16.6 Å². The molecule has 0 atom stereocenters. The summed E-state index contributed by atoms with van der Waals surface area (Å²) >= 11 is 6.11. The molecule has 1 aromatic carbocycles. The minimum absolute atomic E-state index is 0.256. The van der Waals surface area contributed by atoms with Crippen molar-refractivity contribution in [3.8, 4) is 5.75 Å². The van der Waals surface area contributed by atoms with Crippen LogP contribution < -0.4 is 4.74 Å². The monoisotopic (exact) mass is 309 g/mol. The van der Waals surface area contributed by atoms with E-state index < -0.39 is 12.5 Å². The van der Waals surface area contributed by atoms with E-state index in [9.17, 15) is 9.59 Å². The Morgan fingerprint density at radius 1 is 1.55 bits per heavy atom. The Morgan fingerprint density at radius 2 is 2.30 bits per heavy atom. The van der Waals surface area contributed by atoms with Gasteiger partial charge in [-0.1, -0.05) is 36.1 Å². The fraction of sp³-hybridized carbons (Fsp3) is 0.154. The molecule has 0 aliphatic carbocycles. The Bertz CT molecular complexity index is 612. The second-order valence-electron chi connectivity index (χ2n) is 3.94. The summed E-state index contributed by atoms with van der Waals surface area (Å²) in [5.74, 6) is -0.797. The van der Waals surface area contributed by atoms with Crippen molar-refractivity contribution in [3.05, 3.63) is 34.7 Å². The van der Waals surface area contributed by atoms with Crippen LogP contribution in [0.1, 0.15) is 5.56 Å². The van der Waals surface area contributed by atoms with E-state index in [1.54, 1.807) is 25.3 Å². The van der Waals surface area contributed by atoms with Gasteiger partial charge in [0, 0.05) is 0 Å². The molecule has 0 radical (unpaired) electrons. The maximum absolute atomic E-state index is 12.1. The summed E-state index contributed by atoms with van der Waals surface area (Å²) < 4.78 is 5.36. The molecule has 1 aliphatic rings. The van der Waals surface area contributed by atoms with E-state index >= 15 is 0 Å². The lowest BCUT2D eigenvalue weighted by Gasteiger charge is -2.10. The molecular weight excluding hydrogens is 298 g/mol. The van der Waals surface area contributed by atoms with Crippen LogP contribution in [0, 0.1) is 0 Å². The molecule has 1 heterocycles. The first-order valence-corrected chi connectivity index (χ1v) is 6.85. The predicted octanol–water partition coefficient (Wildman–Crippen LogP) is 1.98. The van der Waals surface area contributed by atoms with Crippen molar-refractivity contribution in [2.24, 2.45) is 0 Å². The van der Waals surface area contributed by atoms with Gasteiger partial charge in [0.2, 0.25) is 0 Å². The van der Waals surface area contributed by atoms with E-state index in [1.807, 2.05) is 12.1 Å². The van der Waals surface area contributed by atoms with E-state index in [4.69, 9.17) is 22.1 Å². The minimum atomic E-state index is -1.09. The predicted molar refractivity (Wildman–Crippen MR) is 80.5 cm³/mol. The van der Waals surface area contributed by atoms with E-state index in [2.05, 4.69) is 0 Å². The molecule has 1 N–H and O–H groups in total. The largest absolute Gasteiger partial charge is 0.497 e. The Balaban J connectivity index is 2.25. The fourth-order valence-electron chi connectivity index (χ4n) is 1.65. The van der Waals surface area contributed by atoms with Crippen molar-refractivity contribution in [3.63, 3.8) is 0 Å². The smallest absolute Gasteiger partial charge is 0.323 e. The Morgan fingerprint density at radius 3 is 2.95 bits per heavy atom. The molecule has 0 saturated carbocycles. The van der Waals surface area contributed by atoms with Gasteiger partial charge in [0.05, 0.1) is 12.0 Å². The molecule has 1 saturated heterocycles. The number of amides is 1. The average Bonchev–Trinajstić information content (AvgIpc) is 2.66. The van der Waals surface area contributed by atoms with Crippen LogP contribution in [0.15, 0.2) is 29.2 Å². The number of benzene rings is 1. The van der Waals surface area contributed by atoms with Crippen LogP contribution >= 0.6 is 24.0 Å². The maximum atomic E-state index is 12.1. The van der Waals surface area contributed by atoms with Crippen molar-refractivity contribution in [1.82, 2.24) is 4.90 Å². The number of hydrogen-bond donors (Lipinski definition) is 1. The van der Waals surface area contributed by atoms with E-state index in [-0.39, 0.29) is 10.2 Å². The molecule has 0 aromatic heterocycles. The van der Waals surface area contributed by atoms with Gasteiger partial charge in [0.15, 0.2) is 0 Å². The summed E-state index contributed by atoms with van der Waals surface area (Å²) in [5, 5.41) is 8.75. The molecule has 1 aliphatic heterocycles. The topological polar surface area (TPSA) is 66.8 Å². The third-order valence-electron chi connectivity index (χ3n) is 2.56. The van der Waals surface area contributed by atoms with Gasteiger partial charge in [-0.05, 0) is 23.8 Å². The van der Waals surface area contributed by atoms with Gasteiger partial charge in [-0.3, -0.25) is 14.5 Å². The number of carbonyl (C=O) groups is 2. The highest BCUT2D eigenvalue weighted by atomic mass is 32.2. The van der Waals surface area contributed by atoms with E-state index in [0.29, 0.717) is 10.7 Å². The van der Waals surface area contributed by atoms with Crippen LogP contribution in [0.25, 0.3) is 6.08 Å². The number of carboxylic acids is 1. The first-order chi connectivity index (χ1) is 9.51. The lowest BCUT2D eigenvalue weighted by molar-refractivity contribution is -0.140. The standard InChI is InChI=1S/C13H11NO4S2/c1-18-9-4-2-3-8(5-9)6-10-12(17)14(7-11(15)16)13(19)20-10/h2-6H,7H2,1H3,(H,15,16). The summed E-state index contributed by atoms with van der Waals surface area (Å²) in [6.07, 6.45) is 1.67. The first kappa shape index (κ1) is 14.5. The van der Waals surface area contributed by atoms with Gasteiger partial charge >= 0.3 is 5.97 Å². The summed E-state index contributed by atoms with van der Waals surface area (Å²) in [5.41, 5.74) is 0.792. The lowest BCUT2D eigenvalue weighted by Crippen LogP contribution is -2.33. The van der Waals surface area contributed by atoms with Crippen molar-refractivity contribution < 1.29 is 19.4 Å². The van der Waals surface area contributed by atoms with Gasteiger partial charge in [-0.2, -0.15) is 0 Å². The number of carbonyl (C=O) groups excluding carboxylic acids is 1. The lowest BCUT2D eigenvalue weighted by atomic mass is 10.2. The maximum Gasteiger partial charge on any atom is 0.323 e. The van der Waals surface area contributed by atoms with Crippen LogP contribution in [-0.4, -0.2) is 39.9 Å². The molecule has 5 nitrogen and oxygen atoms in total. The average molecular weight is 309 g/mol. The summed E-state index contributed by atoms with van der Waals surface area (Å²) in [4.78, 5) is 24.2. The van der Waals surface area contributed by atoms with Gasteiger partial charge < -0.3 is 9.84 Å². The Hall–Kier alpha value is -1.86. The van der Waals surface area contributed by atoms with Gasteiger partial charge in [0.25, 0.3) is 5.91 Å². The molecular formula is C13H11NO4S2. The van der Waals surface area contributed by atoms with Crippen molar-refractivity contribution in [2.75, 3.05) is 13.7 Å². The quantitative estimate of drug-likeness (QED) is 0.677. The number of rotatable bonds is 4. The second-order valence-corrected chi connectivity index (χ2v) is 5.61. The van der Waals surface area contributed by atoms with Crippen molar-refractivity contribution in [1.29, 1.82) is 0 Å². The number of ether oxygens (including phenoxy) is 1. The SMILES string of the molecule is COc1cccc(C=C2SC(=S)N(CC(=O)O)C2=O)c1. The normalized spacial score (nSPS) is 16.9. The Kier molecular flexibility index (Phi) is 4.41. The summed E-state index contributed by atoms with van der Waals surface area (Å²) in [6, 6.07) is 7.21. The molecule has 1 amide bonds. The molecule has 2 rings (SSSR count). The highest BCUT2D eigenvalue weighted by molar-refractivity contribution is 8.26. The second kappa shape index (κ2) is 6.06. The summed E-state index contributed by atoms with van der Waals surface area (Å²) in [7, 11) is 1.56. The van der Waals surface area contributed by atoms with E-state index in [1.165, 1.54) is 0 Å². The number of aliphatic carboxylic acids is 1. The van der Waals surface area contributed by atoms with Crippen molar-refractivity contribution >= 4 is 46.3 Å². The van der Waals surface area contributed by atoms with Gasteiger partial charge in [-0.15, -0.1) is 0 Å². The van der Waals surface area contributed by atoms with Crippen molar-refractivity contribution in [2.45, 2.75) is 0 Å². The first-order valence-electron chi connectivity index (χ1n) is 5.62. The highest BCUT2D eigenvalue weighted by Gasteiger charge is 2.33. The summed E-state index contributed by atoms with van der Waals surface area (Å²) in [6.45, 7) is -0.417. The third-order valence-corrected chi connectivity index (χ3v) is 3.94. The van der Waals surface area contributed by atoms with Crippen LogP contribution in [-0.2, 0) is 9.59 Å². The Labute approximate surface area is 125 Å². The highest BCUT2D eigenvalue weighted by Crippen LogP contribution is 2.32. The molecule has 1 aromatic rings. The zero-order valence-corrected chi connectivity index (χ0v) is 12.2.